The van der Waals surface area contributed by atoms with Gasteiger partial charge in [0.25, 0.3) is 5.91 Å². The molecule has 2 aliphatic heterocycles. The lowest BCUT2D eigenvalue weighted by Gasteiger charge is -2.29. The number of aliphatic hydroxyl groups is 1. The number of benzene rings is 2. The van der Waals surface area contributed by atoms with Crippen LogP contribution in [-0.2, 0) is 24.1 Å². The Labute approximate surface area is 266 Å². The summed E-state index contributed by atoms with van der Waals surface area (Å²) in [5, 5.41) is 11.4. The van der Waals surface area contributed by atoms with E-state index >= 15 is 0 Å². The summed E-state index contributed by atoms with van der Waals surface area (Å²) in [6, 6.07) is 9.95. The van der Waals surface area contributed by atoms with Crippen molar-refractivity contribution in [1.82, 2.24) is 9.96 Å². The highest BCUT2D eigenvalue weighted by molar-refractivity contribution is 7.99. The summed E-state index contributed by atoms with van der Waals surface area (Å²) >= 11 is 6.72. The molecule has 0 radical (unpaired) electrons. The first-order chi connectivity index (χ1) is 21.6. The number of aliphatic hydroxyl groups excluding tert-OH is 1. The number of nitrogens with zero attached hydrogens (tertiary/aromatic N) is 3. The Hall–Kier alpha value is -3.45. The molecule has 11 nitrogen and oxygen atoms in total. The number of rotatable bonds is 10. The number of carbonyl (C=O) groups is 3. The van der Waals surface area contributed by atoms with Gasteiger partial charge in [0.05, 0.1) is 5.88 Å². The average molecular weight is 702 g/mol. The minimum absolute atomic E-state index is 0.0817. The first-order valence-corrected chi connectivity index (χ1v) is 15.0. The van der Waals surface area contributed by atoms with Crippen LogP contribution in [0.4, 0.5) is 32.0 Å². The fourth-order valence-corrected chi connectivity index (χ4v) is 5.58. The van der Waals surface area contributed by atoms with E-state index in [1.807, 2.05) is 4.90 Å². The van der Waals surface area contributed by atoms with Gasteiger partial charge in [-0.15, -0.1) is 21.9 Å². The van der Waals surface area contributed by atoms with E-state index in [4.69, 9.17) is 21.1 Å². The maximum atomic E-state index is 13.4. The summed E-state index contributed by atoms with van der Waals surface area (Å²) in [6.07, 6.45) is -11.6. The summed E-state index contributed by atoms with van der Waals surface area (Å²) in [4.78, 5) is 47.0. The molecule has 0 spiro atoms. The number of ether oxygens (including phenoxy) is 2. The molecule has 19 heteroatoms. The van der Waals surface area contributed by atoms with Gasteiger partial charge in [-0.3, -0.25) is 9.69 Å². The standard InChI is InChI=1S/C27H26ClF6N3O8S/c28-16-5-7-18(8-6-16)43-19-9-10-35(12-19)11-17(38)13-42-22-4-2-1-3-20(22)37(45-25(41)27(32,33)34)23(39)21-14-46-15-36(21)44-24(40)26(29,30)31/h1-8,17,19,21,38H,9-15H2. The zero-order valence-electron chi connectivity index (χ0n) is 23.5. The Kier molecular flexibility index (Phi) is 11.5. The second kappa shape index (κ2) is 15.0. The van der Waals surface area contributed by atoms with Crippen LogP contribution in [0, 0.1) is 0 Å². The maximum absolute atomic E-state index is 13.4. The van der Waals surface area contributed by atoms with Gasteiger partial charge >= 0.3 is 24.3 Å². The molecule has 2 aromatic rings. The lowest BCUT2D eigenvalue weighted by Crippen LogP contribution is -2.50. The van der Waals surface area contributed by atoms with Gasteiger partial charge in [0.1, 0.15) is 42.0 Å². The highest BCUT2D eigenvalue weighted by atomic mass is 35.5. The molecule has 252 valence electrons. The van der Waals surface area contributed by atoms with Gasteiger partial charge < -0.3 is 24.3 Å². The molecule has 1 amide bonds. The predicted molar refractivity (Wildman–Crippen MR) is 150 cm³/mol. The van der Waals surface area contributed by atoms with Crippen LogP contribution in [-0.4, -0.2) is 101 Å². The van der Waals surface area contributed by atoms with Gasteiger partial charge in [0.15, 0.2) is 0 Å². The van der Waals surface area contributed by atoms with E-state index in [2.05, 4.69) is 9.68 Å². The topological polar surface area (TPSA) is 118 Å². The van der Waals surface area contributed by atoms with Crippen LogP contribution >= 0.6 is 23.4 Å². The van der Waals surface area contributed by atoms with E-state index in [9.17, 15) is 45.8 Å². The van der Waals surface area contributed by atoms with E-state index < -0.39 is 60.5 Å². The van der Waals surface area contributed by atoms with Crippen LogP contribution in [0.2, 0.25) is 5.02 Å². The van der Waals surface area contributed by atoms with Crippen molar-refractivity contribution < 1.29 is 65.0 Å². The van der Waals surface area contributed by atoms with E-state index in [0.717, 1.165) is 17.8 Å². The molecule has 2 aliphatic rings. The van der Waals surface area contributed by atoms with Crippen molar-refractivity contribution in [3.05, 3.63) is 53.6 Å². The summed E-state index contributed by atoms with van der Waals surface area (Å²) in [6.45, 7) is 0.754. The number of hydrogen-bond acceptors (Lipinski definition) is 11. The highest BCUT2D eigenvalue weighted by Crippen LogP contribution is 2.34. The van der Waals surface area contributed by atoms with Crippen LogP contribution < -0.4 is 14.5 Å². The third kappa shape index (κ3) is 9.54. The molecule has 2 heterocycles. The third-order valence-corrected chi connectivity index (χ3v) is 7.73. The van der Waals surface area contributed by atoms with Gasteiger partial charge in [-0.2, -0.15) is 26.3 Å². The fraction of sp³-hybridized carbons (Fsp3) is 0.444. The van der Waals surface area contributed by atoms with Crippen molar-refractivity contribution in [2.24, 2.45) is 0 Å². The van der Waals surface area contributed by atoms with Crippen molar-refractivity contribution in [2.75, 3.05) is 42.9 Å². The molecule has 0 aliphatic carbocycles. The van der Waals surface area contributed by atoms with Gasteiger partial charge in [-0.05, 0) is 42.8 Å². The molecule has 0 bridgehead atoms. The number of alkyl halides is 6. The molecule has 2 aromatic carbocycles. The number of likely N-dealkylation sites (tertiary alicyclic amines) is 1. The monoisotopic (exact) mass is 701 g/mol. The summed E-state index contributed by atoms with van der Waals surface area (Å²) in [5.41, 5.74) is -0.533. The number of anilines is 1. The number of carbonyl (C=O) groups excluding carboxylic acids is 3. The lowest BCUT2D eigenvalue weighted by molar-refractivity contribution is -0.239. The van der Waals surface area contributed by atoms with E-state index in [0.29, 0.717) is 35.3 Å². The maximum Gasteiger partial charge on any atom is 0.493 e. The van der Waals surface area contributed by atoms with Crippen molar-refractivity contribution in [2.45, 2.75) is 37.0 Å². The number of amides is 1. The zero-order chi connectivity index (χ0) is 33.6. The molecule has 0 aromatic heterocycles. The first kappa shape index (κ1) is 35.4. The summed E-state index contributed by atoms with van der Waals surface area (Å²) in [5.74, 6) is -7.39. The Morgan fingerprint density at radius 3 is 2.37 bits per heavy atom. The summed E-state index contributed by atoms with van der Waals surface area (Å²) < 4.78 is 89.3. The fourth-order valence-electron chi connectivity index (χ4n) is 4.40. The molecule has 1 N–H and O–H groups in total. The molecule has 3 unspecified atom stereocenters. The second-order valence-electron chi connectivity index (χ2n) is 9.99. The Morgan fingerprint density at radius 1 is 1.02 bits per heavy atom. The van der Waals surface area contributed by atoms with Crippen LogP contribution in [0.15, 0.2) is 48.5 Å². The molecule has 3 atom stereocenters. The highest BCUT2D eigenvalue weighted by Gasteiger charge is 2.48. The third-order valence-electron chi connectivity index (χ3n) is 6.49. The number of hydroxylamine groups is 3. The molecule has 0 saturated carbocycles. The molecular weight excluding hydrogens is 676 g/mol. The molecule has 4 rings (SSSR count). The quantitative estimate of drug-likeness (QED) is 0.286. The predicted octanol–water partition coefficient (Wildman–Crippen LogP) is 3.98. The van der Waals surface area contributed by atoms with Crippen molar-refractivity contribution in [3.8, 4) is 11.5 Å². The molecule has 46 heavy (non-hydrogen) atoms. The first-order valence-electron chi connectivity index (χ1n) is 13.4. The second-order valence-corrected chi connectivity index (χ2v) is 11.4. The number of hydrogen-bond donors (Lipinski definition) is 1. The van der Waals surface area contributed by atoms with Crippen molar-refractivity contribution in [1.29, 1.82) is 0 Å². The van der Waals surface area contributed by atoms with Gasteiger partial charge in [0, 0.05) is 30.4 Å². The number of β-amino-alcohol motifs (C(OH)–C–C–N with tert-alkyl or cyclic N) is 1. The zero-order valence-corrected chi connectivity index (χ0v) is 25.1. The normalized spacial score (nSPS) is 19.8. The number of thioether (sulfide) groups is 1. The average Bonchev–Trinajstić information content (AvgIpc) is 3.64. The lowest BCUT2D eigenvalue weighted by atomic mass is 10.2. The molecular formula is C27H26ClF6N3O8S. The smallest absolute Gasteiger partial charge is 0.489 e. The van der Waals surface area contributed by atoms with E-state index in [-0.39, 0.29) is 29.2 Å². The largest absolute Gasteiger partial charge is 0.493 e. The molecule has 2 fully saturated rings. The minimum Gasteiger partial charge on any atom is -0.489 e. The SMILES string of the molecule is O=C(C1CSCN1OC(=O)C(F)(F)F)N(OC(=O)C(F)(F)F)c1ccccc1OCC(O)CN1CCC(Oc2ccc(Cl)cc2)C1. The minimum atomic E-state index is -5.57. The number of halogens is 7. The Morgan fingerprint density at radius 2 is 1.70 bits per heavy atom. The van der Waals surface area contributed by atoms with Crippen LogP contribution in [0.3, 0.4) is 0 Å². The van der Waals surface area contributed by atoms with Crippen LogP contribution in [0.5, 0.6) is 11.5 Å². The van der Waals surface area contributed by atoms with Crippen molar-refractivity contribution >= 4 is 46.9 Å². The van der Waals surface area contributed by atoms with E-state index in [1.165, 1.54) is 18.2 Å². The Balaban J connectivity index is 1.44. The van der Waals surface area contributed by atoms with Crippen LogP contribution in [0.1, 0.15) is 6.42 Å². The van der Waals surface area contributed by atoms with E-state index in [1.54, 1.807) is 24.3 Å². The van der Waals surface area contributed by atoms with Crippen molar-refractivity contribution in [3.63, 3.8) is 0 Å². The summed E-state index contributed by atoms with van der Waals surface area (Å²) in [7, 11) is 0. The number of para-hydroxylation sites is 2. The van der Waals surface area contributed by atoms with Gasteiger partial charge in [-0.1, -0.05) is 23.7 Å². The molecule has 2 saturated heterocycles. The van der Waals surface area contributed by atoms with Gasteiger partial charge in [-0.25, -0.2) is 9.59 Å². The van der Waals surface area contributed by atoms with Gasteiger partial charge in [0.2, 0.25) is 0 Å². The van der Waals surface area contributed by atoms with Crippen LogP contribution in [0.25, 0.3) is 0 Å². The Bertz CT molecular complexity index is 1390.